The molecule has 0 spiro atoms. The number of pyridine rings is 1. The summed E-state index contributed by atoms with van der Waals surface area (Å²) in [6.45, 7) is 0.602. The number of piperidine rings is 1. The van der Waals surface area contributed by atoms with Crippen LogP contribution in [0.4, 0.5) is 5.69 Å². The summed E-state index contributed by atoms with van der Waals surface area (Å²) in [4.78, 5) is 43.5. The number of aromatic nitrogens is 1. The first-order chi connectivity index (χ1) is 13.0. The van der Waals surface area contributed by atoms with Crippen LogP contribution >= 0.6 is 11.3 Å². The monoisotopic (exact) mass is 384 g/mol. The highest BCUT2D eigenvalue weighted by atomic mass is 32.1. The van der Waals surface area contributed by atoms with E-state index >= 15 is 0 Å². The quantitative estimate of drug-likeness (QED) is 0.791. The number of hydrogen-bond acceptors (Lipinski definition) is 5. The van der Waals surface area contributed by atoms with Gasteiger partial charge in [-0.25, -0.2) is 0 Å². The normalized spacial score (nSPS) is 23.9. The molecule has 2 fully saturated rings. The lowest BCUT2D eigenvalue weighted by molar-refractivity contribution is -0.147. The maximum Gasteiger partial charge on any atom is 0.313 e. The van der Waals surface area contributed by atoms with E-state index in [0.717, 1.165) is 24.1 Å². The van der Waals surface area contributed by atoms with Crippen molar-refractivity contribution in [2.24, 2.45) is 17.6 Å². The summed E-state index contributed by atoms with van der Waals surface area (Å²) >= 11 is 1.62. The Balaban J connectivity index is 1.54. The summed E-state index contributed by atoms with van der Waals surface area (Å²) in [5.74, 6) is -1.05. The average Bonchev–Trinajstić information content (AvgIpc) is 3.32. The molecule has 3 heterocycles. The van der Waals surface area contributed by atoms with Crippen LogP contribution in [0, 0.1) is 11.8 Å². The number of fused-ring (bicyclic) bond motifs is 2. The van der Waals surface area contributed by atoms with Gasteiger partial charge in [0.05, 0.1) is 23.5 Å². The van der Waals surface area contributed by atoms with Gasteiger partial charge in [0.1, 0.15) is 0 Å². The Bertz CT molecular complexity index is 883. The number of carbonyl (C=O) groups is 3. The van der Waals surface area contributed by atoms with Crippen molar-refractivity contribution in [2.75, 3.05) is 11.9 Å². The maximum absolute atomic E-state index is 13.0. The number of nitrogens with two attached hydrogens (primary N) is 1. The average molecular weight is 384 g/mol. The van der Waals surface area contributed by atoms with Crippen molar-refractivity contribution in [1.82, 2.24) is 9.88 Å². The van der Waals surface area contributed by atoms with Crippen LogP contribution in [0.5, 0.6) is 0 Å². The molecule has 4 rings (SSSR count). The van der Waals surface area contributed by atoms with Crippen molar-refractivity contribution in [2.45, 2.75) is 25.3 Å². The molecule has 8 heteroatoms. The Morgan fingerprint density at radius 2 is 2.11 bits per heavy atom. The van der Waals surface area contributed by atoms with Gasteiger partial charge in [-0.3, -0.25) is 19.4 Å². The van der Waals surface area contributed by atoms with Crippen LogP contribution in [-0.4, -0.2) is 34.2 Å². The largest absolute Gasteiger partial charge is 0.366 e. The van der Waals surface area contributed by atoms with Crippen LogP contribution in [0.2, 0.25) is 0 Å². The number of anilines is 1. The fourth-order valence-electron chi connectivity index (χ4n) is 4.23. The summed E-state index contributed by atoms with van der Waals surface area (Å²) in [6.07, 6.45) is 5.99. The third-order valence-electron chi connectivity index (χ3n) is 5.39. The molecule has 3 N–H and O–H groups in total. The van der Waals surface area contributed by atoms with Crippen LogP contribution < -0.4 is 11.1 Å². The molecule has 2 bridgehead atoms. The predicted molar refractivity (Wildman–Crippen MR) is 101 cm³/mol. The van der Waals surface area contributed by atoms with E-state index < -0.39 is 17.7 Å². The van der Waals surface area contributed by atoms with Crippen molar-refractivity contribution >= 4 is 34.7 Å². The molecule has 0 radical (unpaired) electrons. The van der Waals surface area contributed by atoms with Gasteiger partial charge in [-0.1, -0.05) is 6.07 Å². The fourth-order valence-corrected chi connectivity index (χ4v) is 5.16. The number of likely N-dealkylation sites (tertiary alicyclic amines) is 1. The van der Waals surface area contributed by atoms with Gasteiger partial charge in [0, 0.05) is 17.6 Å². The first-order valence-corrected chi connectivity index (χ1v) is 9.81. The molecule has 2 aliphatic rings. The van der Waals surface area contributed by atoms with E-state index in [-0.39, 0.29) is 17.3 Å². The Hall–Kier alpha value is -2.74. The molecule has 1 saturated heterocycles. The van der Waals surface area contributed by atoms with Crippen molar-refractivity contribution < 1.29 is 14.4 Å². The van der Waals surface area contributed by atoms with Crippen LogP contribution in [0.1, 0.15) is 40.5 Å². The van der Waals surface area contributed by atoms with Gasteiger partial charge < -0.3 is 16.0 Å². The van der Waals surface area contributed by atoms with E-state index in [2.05, 4.69) is 10.3 Å². The van der Waals surface area contributed by atoms with E-state index in [1.807, 2.05) is 17.5 Å². The molecule has 140 valence electrons. The van der Waals surface area contributed by atoms with Crippen molar-refractivity contribution in [1.29, 1.82) is 0 Å². The lowest BCUT2D eigenvalue weighted by Gasteiger charge is -2.39. The SMILES string of the molecule is NC(=O)c1cncc(NC(=O)C(=O)N2C[C@@H]3CC[C@@H](C3)[C@@H]2c2cccs2)c1. The van der Waals surface area contributed by atoms with E-state index in [1.54, 1.807) is 16.2 Å². The number of nitrogens with zero attached hydrogens (tertiary/aromatic N) is 2. The van der Waals surface area contributed by atoms with Crippen LogP contribution in [0.15, 0.2) is 36.0 Å². The summed E-state index contributed by atoms with van der Waals surface area (Å²) in [7, 11) is 0. The zero-order chi connectivity index (χ0) is 19.0. The van der Waals surface area contributed by atoms with Gasteiger partial charge >= 0.3 is 11.8 Å². The van der Waals surface area contributed by atoms with Gasteiger partial charge in [0.25, 0.3) is 0 Å². The maximum atomic E-state index is 13.0. The molecule has 0 unspecified atom stereocenters. The minimum atomic E-state index is -0.721. The standard InChI is InChI=1S/C19H20N4O3S/c20-17(24)13-7-14(9-21-8-13)22-18(25)19(26)23-10-11-3-4-12(6-11)16(23)15-2-1-5-27-15/h1-2,5,7-9,11-12,16H,3-4,6,10H2,(H2,20,24)(H,22,25)/t11-,12+,16-/m1/s1. The van der Waals surface area contributed by atoms with Crippen molar-refractivity contribution in [3.8, 4) is 0 Å². The molecule has 1 saturated carbocycles. The zero-order valence-electron chi connectivity index (χ0n) is 14.6. The molecular weight excluding hydrogens is 364 g/mol. The number of amides is 3. The predicted octanol–water partition coefficient (Wildman–Crippen LogP) is 2.18. The second-order valence-corrected chi connectivity index (χ2v) is 8.12. The second-order valence-electron chi connectivity index (χ2n) is 7.14. The van der Waals surface area contributed by atoms with Gasteiger partial charge in [-0.2, -0.15) is 0 Å². The highest BCUT2D eigenvalue weighted by molar-refractivity contribution is 7.10. The van der Waals surface area contributed by atoms with Gasteiger partial charge in [-0.05, 0) is 48.6 Å². The fraction of sp³-hybridized carbons (Fsp3) is 0.368. The van der Waals surface area contributed by atoms with E-state index in [0.29, 0.717) is 18.4 Å². The number of nitrogens with one attached hydrogen (secondary N) is 1. The van der Waals surface area contributed by atoms with Crippen LogP contribution in [0.25, 0.3) is 0 Å². The minimum Gasteiger partial charge on any atom is -0.366 e. The van der Waals surface area contributed by atoms with E-state index in [9.17, 15) is 14.4 Å². The number of primary amides is 1. The summed E-state index contributed by atoms with van der Waals surface area (Å²) < 4.78 is 0. The summed E-state index contributed by atoms with van der Waals surface area (Å²) in [5.41, 5.74) is 5.68. The van der Waals surface area contributed by atoms with Crippen LogP contribution in [-0.2, 0) is 9.59 Å². The first kappa shape index (κ1) is 17.7. The molecule has 1 aliphatic heterocycles. The van der Waals surface area contributed by atoms with E-state index in [4.69, 9.17) is 5.73 Å². The van der Waals surface area contributed by atoms with Crippen LogP contribution in [0.3, 0.4) is 0 Å². The Morgan fingerprint density at radius 3 is 2.85 bits per heavy atom. The third-order valence-corrected chi connectivity index (χ3v) is 6.33. The Labute approximate surface area is 160 Å². The molecule has 1 aliphatic carbocycles. The molecule has 3 atom stereocenters. The van der Waals surface area contributed by atoms with E-state index in [1.165, 1.54) is 18.5 Å². The zero-order valence-corrected chi connectivity index (χ0v) is 15.4. The molecule has 7 nitrogen and oxygen atoms in total. The highest BCUT2D eigenvalue weighted by Gasteiger charge is 2.44. The van der Waals surface area contributed by atoms with Crippen molar-refractivity contribution in [3.63, 3.8) is 0 Å². The smallest absolute Gasteiger partial charge is 0.313 e. The molecule has 3 amide bonds. The highest BCUT2D eigenvalue weighted by Crippen LogP contribution is 2.48. The van der Waals surface area contributed by atoms with Crippen molar-refractivity contribution in [3.05, 3.63) is 46.4 Å². The Kier molecular flexibility index (Phi) is 4.65. The summed E-state index contributed by atoms with van der Waals surface area (Å²) in [5, 5.41) is 4.55. The number of carbonyl (C=O) groups excluding carboxylic acids is 3. The lowest BCUT2D eigenvalue weighted by atomic mass is 9.89. The number of rotatable bonds is 3. The van der Waals surface area contributed by atoms with Gasteiger partial charge in [0.2, 0.25) is 5.91 Å². The van der Waals surface area contributed by atoms with Gasteiger partial charge in [-0.15, -0.1) is 11.3 Å². The molecule has 2 aromatic rings. The topological polar surface area (TPSA) is 105 Å². The first-order valence-electron chi connectivity index (χ1n) is 8.93. The van der Waals surface area contributed by atoms with Gasteiger partial charge in [0.15, 0.2) is 0 Å². The molecule has 0 aromatic carbocycles. The number of thiophene rings is 1. The minimum absolute atomic E-state index is 0.0444. The Morgan fingerprint density at radius 1 is 1.26 bits per heavy atom. The third kappa shape index (κ3) is 3.44. The summed E-state index contributed by atoms with van der Waals surface area (Å²) in [6, 6.07) is 5.38. The molecular formula is C19H20N4O3S. The molecule has 2 aromatic heterocycles. The number of hydrogen-bond donors (Lipinski definition) is 2. The second kappa shape index (κ2) is 7.11. The molecule has 27 heavy (non-hydrogen) atoms. The lowest BCUT2D eigenvalue weighted by Crippen LogP contribution is -2.47.